The first kappa shape index (κ1) is 17.7. The molecule has 7 nitrogen and oxygen atoms in total. The third-order valence-corrected chi connectivity index (χ3v) is 4.64. The number of hydrogen-bond donors (Lipinski definition) is 0. The van der Waals surface area contributed by atoms with Crippen molar-refractivity contribution in [3.05, 3.63) is 58.7 Å². The van der Waals surface area contributed by atoms with Gasteiger partial charge in [-0.15, -0.1) is 0 Å². The summed E-state index contributed by atoms with van der Waals surface area (Å²) in [7, 11) is 1.44. The van der Waals surface area contributed by atoms with Crippen molar-refractivity contribution < 1.29 is 14.4 Å². The van der Waals surface area contributed by atoms with Crippen molar-refractivity contribution in [3.63, 3.8) is 0 Å². The summed E-state index contributed by atoms with van der Waals surface area (Å²) in [4.78, 5) is 17.2. The lowest BCUT2D eigenvalue weighted by Crippen LogP contribution is -2.34. The van der Waals surface area contributed by atoms with Crippen LogP contribution in [0.25, 0.3) is 6.08 Å². The summed E-state index contributed by atoms with van der Waals surface area (Å²) >= 11 is 0. The second-order valence-electron chi connectivity index (χ2n) is 6.08. The molecule has 2 heterocycles. The number of nitro groups is 1. The number of ether oxygens (including phenoxy) is 2. The molecule has 0 bridgehead atoms. The molecule has 0 N–H and O–H groups in total. The average Bonchev–Trinajstić information content (AvgIpc) is 2.96. The monoisotopic (exact) mass is 355 g/mol. The fourth-order valence-electron chi connectivity index (χ4n) is 3.27. The molecule has 2 aliphatic rings. The molecule has 1 fully saturated rings. The highest BCUT2D eigenvalue weighted by Crippen LogP contribution is 2.38. The van der Waals surface area contributed by atoms with Gasteiger partial charge in [-0.3, -0.25) is 15.1 Å². The average molecular weight is 355 g/mol. The Morgan fingerprint density at radius 1 is 1.42 bits per heavy atom. The Morgan fingerprint density at radius 2 is 2.19 bits per heavy atom. The summed E-state index contributed by atoms with van der Waals surface area (Å²) < 4.78 is 10.8. The van der Waals surface area contributed by atoms with E-state index < -0.39 is 4.92 Å². The number of nitrogens with zero attached hydrogens (tertiary/aromatic N) is 3. The van der Waals surface area contributed by atoms with E-state index >= 15 is 0 Å². The van der Waals surface area contributed by atoms with E-state index in [1.54, 1.807) is 36.9 Å². The molecule has 1 saturated heterocycles. The largest absolute Gasteiger partial charge is 0.490 e. The molecular formula is C19H21N3O4. The van der Waals surface area contributed by atoms with E-state index in [2.05, 4.69) is 16.5 Å². The Labute approximate surface area is 152 Å². The maximum atomic E-state index is 11.2. The van der Waals surface area contributed by atoms with E-state index in [1.807, 2.05) is 0 Å². The number of rotatable bonds is 5. The number of nitro benzene ring substituents is 1. The number of hydrogen-bond acceptors (Lipinski definition) is 6. The molecule has 0 amide bonds. The molecule has 7 heteroatoms. The van der Waals surface area contributed by atoms with Gasteiger partial charge in [0.15, 0.2) is 5.75 Å². The maximum absolute atomic E-state index is 11.2. The zero-order valence-corrected chi connectivity index (χ0v) is 14.6. The minimum Gasteiger partial charge on any atom is -0.490 e. The summed E-state index contributed by atoms with van der Waals surface area (Å²) in [5.74, 6) is 1.44. The van der Waals surface area contributed by atoms with Crippen molar-refractivity contribution in [1.82, 2.24) is 0 Å². The predicted molar refractivity (Wildman–Crippen MR) is 101 cm³/mol. The van der Waals surface area contributed by atoms with Crippen molar-refractivity contribution in [3.8, 4) is 5.75 Å². The van der Waals surface area contributed by atoms with E-state index in [0.717, 1.165) is 42.9 Å². The van der Waals surface area contributed by atoms with Crippen molar-refractivity contribution in [2.75, 3.05) is 25.1 Å². The molecule has 3 rings (SSSR count). The molecule has 1 aromatic rings. The third-order valence-electron chi connectivity index (χ3n) is 4.64. The van der Waals surface area contributed by atoms with Crippen LogP contribution in [0.4, 0.5) is 11.4 Å². The Bertz CT molecular complexity index is 790. The Morgan fingerprint density at radius 3 is 2.85 bits per heavy atom. The minimum absolute atomic E-state index is 0.0531. The first-order chi connectivity index (χ1) is 12.6. The van der Waals surface area contributed by atoms with Gasteiger partial charge < -0.3 is 14.4 Å². The number of piperidine rings is 1. The quantitative estimate of drug-likeness (QED) is 0.591. The van der Waals surface area contributed by atoms with Gasteiger partial charge in [-0.25, -0.2) is 0 Å². The molecule has 2 aliphatic heterocycles. The second kappa shape index (κ2) is 7.86. The van der Waals surface area contributed by atoms with Gasteiger partial charge in [-0.1, -0.05) is 12.7 Å². The summed E-state index contributed by atoms with van der Waals surface area (Å²) in [5, 5.41) is 11.2. The van der Waals surface area contributed by atoms with Crippen LogP contribution in [0, 0.1) is 16.0 Å². The van der Waals surface area contributed by atoms with Crippen molar-refractivity contribution in [2.45, 2.75) is 12.8 Å². The van der Waals surface area contributed by atoms with Crippen LogP contribution >= 0.6 is 0 Å². The molecular weight excluding hydrogens is 334 g/mol. The number of aliphatic imine (C=N–C) groups is 1. The van der Waals surface area contributed by atoms with Crippen LogP contribution in [0.2, 0.25) is 0 Å². The van der Waals surface area contributed by atoms with Crippen LogP contribution in [-0.4, -0.2) is 31.3 Å². The van der Waals surface area contributed by atoms with Crippen molar-refractivity contribution in [2.24, 2.45) is 10.9 Å². The van der Waals surface area contributed by atoms with Gasteiger partial charge in [0.2, 0.25) is 0 Å². The molecule has 0 spiro atoms. The van der Waals surface area contributed by atoms with E-state index in [4.69, 9.17) is 9.47 Å². The fourth-order valence-corrected chi connectivity index (χ4v) is 3.27. The highest BCUT2D eigenvalue weighted by Gasteiger charge is 2.27. The topological polar surface area (TPSA) is 77.2 Å². The van der Waals surface area contributed by atoms with Gasteiger partial charge in [-0.2, -0.15) is 0 Å². The number of allylic oxidation sites excluding steroid dienone is 2. The van der Waals surface area contributed by atoms with Crippen LogP contribution in [0.3, 0.4) is 0 Å². The molecule has 0 radical (unpaired) electrons. The lowest BCUT2D eigenvalue weighted by molar-refractivity contribution is -0.385. The molecule has 1 aromatic carbocycles. The van der Waals surface area contributed by atoms with Crippen LogP contribution in [-0.2, 0) is 4.74 Å². The molecule has 136 valence electrons. The molecule has 0 atom stereocenters. The lowest BCUT2D eigenvalue weighted by atomic mass is 9.94. The molecule has 0 aliphatic carbocycles. The van der Waals surface area contributed by atoms with Crippen LogP contribution in [0.5, 0.6) is 5.75 Å². The van der Waals surface area contributed by atoms with Crippen LogP contribution in [0.1, 0.15) is 18.4 Å². The van der Waals surface area contributed by atoms with E-state index in [1.165, 1.54) is 13.2 Å². The SMILES string of the molecule is C=Cc1cc([N+](=O)[O-])c(OC)cc1N1CCC(C2=CN=CC=CO2)CC1. The van der Waals surface area contributed by atoms with E-state index in [0.29, 0.717) is 5.92 Å². The molecule has 0 aromatic heterocycles. The zero-order chi connectivity index (χ0) is 18.5. The van der Waals surface area contributed by atoms with E-state index in [9.17, 15) is 10.1 Å². The highest BCUT2D eigenvalue weighted by molar-refractivity contribution is 5.73. The van der Waals surface area contributed by atoms with Gasteiger partial charge in [0.1, 0.15) is 5.76 Å². The van der Waals surface area contributed by atoms with Crippen molar-refractivity contribution in [1.29, 1.82) is 0 Å². The summed E-state index contributed by atoms with van der Waals surface area (Å²) in [6.07, 6.45) is 10.3. The van der Waals surface area contributed by atoms with Gasteiger partial charge in [0.05, 0.1) is 24.5 Å². The lowest BCUT2D eigenvalue weighted by Gasteiger charge is -2.34. The molecule has 26 heavy (non-hydrogen) atoms. The van der Waals surface area contributed by atoms with Crippen LogP contribution in [0.15, 0.2) is 48.0 Å². The van der Waals surface area contributed by atoms with Gasteiger partial charge >= 0.3 is 5.69 Å². The summed E-state index contributed by atoms with van der Waals surface area (Å²) in [6.45, 7) is 5.41. The predicted octanol–water partition coefficient (Wildman–Crippen LogP) is 3.92. The van der Waals surface area contributed by atoms with Gasteiger partial charge in [0.25, 0.3) is 0 Å². The van der Waals surface area contributed by atoms with Crippen molar-refractivity contribution >= 4 is 23.7 Å². The Kier molecular flexibility index (Phi) is 5.36. The summed E-state index contributed by atoms with van der Waals surface area (Å²) in [6, 6.07) is 3.24. The normalized spacial score (nSPS) is 17.3. The van der Waals surface area contributed by atoms with E-state index in [-0.39, 0.29) is 11.4 Å². The number of anilines is 1. The number of benzene rings is 1. The first-order valence-electron chi connectivity index (χ1n) is 8.43. The summed E-state index contributed by atoms with van der Waals surface area (Å²) in [5.41, 5.74) is 1.57. The maximum Gasteiger partial charge on any atom is 0.311 e. The zero-order valence-electron chi connectivity index (χ0n) is 14.6. The van der Waals surface area contributed by atoms with Gasteiger partial charge in [-0.05, 0) is 18.9 Å². The smallest absolute Gasteiger partial charge is 0.311 e. The fraction of sp³-hybridized carbons (Fsp3) is 0.316. The number of methoxy groups -OCH3 is 1. The molecule has 0 unspecified atom stereocenters. The van der Waals surface area contributed by atoms with Gasteiger partial charge in [0, 0.05) is 48.6 Å². The first-order valence-corrected chi connectivity index (χ1v) is 8.43. The second-order valence-corrected chi connectivity index (χ2v) is 6.08. The Balaban J connectivity index is 1.79. The van der Waals surface area contributed by atoms with Crippen LogP contribution < -0.4 is 9.64 Å². The third kappa shape index (κ3) is 3.61. The Hall–Kier alpha value is -3.09. The standard InChI is InChI=1S/C19H21N3O4/c1-3-14-11-17(22(23)24)18(25-2)12-16(14)21-8-5-15(6-9-21)19-13-20-7-4-10-26-19/h3-4,7,10-13,15H,1,5-6,8-9H2,2H3. The minimum atomic E-state index is -0.439. The highest BCUT2D eigenvalue weighted by atomic mass is 16.6. The molecule has 0 saturated carbocycles.